The van der Waals surface area contributed by atoms with Crippen LogP contribution in [0.2, 0.25) is 0 Å². The quantitative estimate of drug-likeness (QED) is 0.219. The van der Waals surface area contributed by atoms with Crippen molar-refractivity contribution in [2.45, 2.75) is 0 Å². The Bertz CT molecular complexity index is 1440. The third-order valence-corrected chi connectivity index (χ3v) is 5.50. The lowest BCUT2D eigenvalue weighted by atomic mass is 10.0. The molecule has 0 aliphatic carbocycles. The number of anilines is 1. The third-order valence-electron chi connectivity index (χ3n) is 5.50. The van der Waals surface area contributed by atoms with E-state index in [0.717, 1.165) is 0 Å². The summed E-state index contributed by atoms with van der Waals surface area (Å²) in [6, 6.07) is 13.7. The largest absolute Gasteiger partial charge is 0.495 e. The number of carbonyl (C=O) groups is 1. The zero-order valence-electron chi connectivity index (χ0n) is 20.8. The normalized spacial score (nSPS) is 10.4. The van der Waals surface area contributed by atoms with E-state index in [1.54, 1.807) is 36.5 Å². The summed E-state index contributed by atoms with van der Waals surface area (Å²) in [4.78, 5) is 22.8. The molecule has 0 bridgehead atoms. The van der Waals surface area contributed by atoms with Crippen molar-refractivity contribution in [2.75, 3.05) is 33.8 Å². The van der Waals surface area contributed by atoms with Crippen molar-refractivity contribution < 1.29 is 37.9 Å². The van der Waals surface area contributed by atoms with E-state index in [2.05, 4.69) is 10.5 Å². The molecule has 12 nitrogen and oxygen atoms in total. The van der Waals surface area contributed by atoms with Gasteiger partial charge < -0.3 is 28.2 Å². The number of nitro benzene ring substituents is 1. The minimum atomic E-state index is -0.815. The van der Waals surface area contributed by atoms with Crippen molar-refractivity contribution in [3.05, 3.63) is 70.9 Å². The maximum absolute atomic E-state index is 12.6. The van der Waals surface area contributed by atoms with Crippen LogP contribution >= 0.6 is 0 Å². The summed E-state index contributed by atoms with van der Waals surface area (Å²) in [6.45, 7) is 0. The van der Waals surface area contributed by atoms with Gasteiger partial charge in [0.1, 0.15) is 11.5 Å². The minimum absolute atomic E-state index is 0.122. The van der Waals surface area contributed by atoms with Gasteiger partial charge in [-0.15, -0.1) is 0 Å². The molecule has 196 valence electrons. The standard InChI is InChI=1S/C26H23N3O9/c1-33-21-10-5-15(11-20(21)28-26(30)37-18-8-6-17(7-9-18)29(31)32)19-14-27-38-24(19)16-12-22(34-2)25(36-4)23(13-16)35-3/h5-14H,1-4H3,(H,28,30). The fraction of sp³-hybridized carbons (Fsp3) is 0.154. The van der Waals surface area contributed by atoms with E-state index in [1.807, 2.05) is 0 Å². The molecule has 1 amide bonds. The van der Waals surface area contributed by atoms with Crippen LogP contribution in [0.4, 0.5) is 16.2 Å². The number of non-ortho nitro benzene ring substituents is 1. The van der Waals surface area contributed by atoms with Gasteiger partial charge in [-0.1, -0.05) is 11.2 Å². The molecule has 0 aliphatic rings. The second-order valence-corrected chi connectivity index (χ2v) is 7.66. The molecule has 4 rings (SSSR count). The molecule has 1 aromatic heterocycles. The first-order valence-corrected chi connectivity index (χ1v) is 11.0. The van der Waals surface area contributed by atoms with Crippen molar-refractivity contribution in [1.82, 2.24) is 5.16 Å². The Morgan fingerprint density at radius 2 is 1.53 bits per heavy atom. The SMILES string of the molecule is COc1ccc(-c2cnoc2-c2cc(OC)c(OC)c(OC)c2)cc1NC(=O)Oc1ccc([N+](=O)[O-])cc1. The van der Waals surface area contributed by atoms with Gasteiger partial charge in [0.15, 0.2) is 17.3 Å². The molecule has 0 atom stereocenters. The van der Waals surface area contributed by atoms with Crippen molar-refractivity contribution in [3.8, 4) is 51.2 Å². The van der Waals surface area contributed by atoms with Gasteiger partial charge in [0.25, 0.3) is 5.69 Å². The molecule has 0 saturated heterocycles. The van der Waals surface area contributed by atoms with Gasteiger partial charge in [0, 0.05) is 23.3 Å². The Morgan fingerprint density at radius 3 is 2.11 bits per heavy atom. The molecule has 0 fully saturated rings. The number of aromatic nitrogens is 1. The number of nitro groups is 1. The van der Waals surface area contributed by atoms with Gasteiger partial charge in [-0.2, -0.15) is 0 Å². The predicted octanol–water partition coefficient (Wildman–Crippen LogP) is 5.56. The van der Waals surface area contributed by atoms with Gasteiger partial charge in [-0.05, 0) is 42.0 Å². The number of rotatable bonds is 9. The first kappa shape index (κ1) is 25.8. The molecule has 38 heavy (non-hydrogen) atoms. The number of amides is 1. The molecule has 0 saturated carbocycles. The Balaban J connectivity index is 1.64. The van der Waals surface area contributed by atoms with Crippen molar-refractivity contribution in [3.63, 3.8) is 0 Å². The van der Waals surface area contributed by atoms with E-state index >= 15 is 0 Å². The highest BCUT2D eigenvalue weighted by Gasteiger charge is 2.21. The molecule has 1 N–H and O–H groups in total. The summed E-state index contributed by atoms with van der Waals surface area (Å²) in [7, 11) is 6.00. The predicted molar refractivity (Wildman–Crippen MR) is 136 cm³/mol. The maximum Gasteiger partial charge on any atom is 0.417 e. The lowest BCUT2D eigenvalue weighted by molar-refractivity contribution is -0.384. The summed E-state index contributed by atoms with van der Waals surface area (Å²) in [6.07, 6.45) is 0.726. The molecule has 12 heteroatoms. The van der Waals surface area contributed by atoms with Crippen LogP contribution in [0.3, 0.4) is 0 Å². The van der Waals surface area contributed by atoms with E-state index in [-0.39, 0.29) is 11.4 Å². The van der Waals surface area contributed by atoms with Gasteiger partial charge in [0.2, 0.25) is 5.75 Å². The van der Waals surface area contributed by atoms with Crippen LogP contribution in [0.25, 0.3) is 22.5 Å². The lowest BCUT2D eigenvalue weighted by Gasteiger charge is -2.14. The van der Waals surface area contributed by atoms with Crippen LogP contribution < -0.4 is 29.0 Å². The number of ether oxygens (including phenoxy) is 5. The number of nitrogens with one attached hydrogen (secondary N) is 1. The van der Waals surface area contributed by atoms with Crippen molar-refractivity contribution in [2.24, 2.45) is 0 Å². The molecule has 4 aromatic rings. The molecule has 0 unspecified atom stereocenters. The van der Waals surface area contributed by atoms with Gasteiger partial charge in [-0.25, -0.2) is 4.79 Å². The first-order valence-electron chi connectivity index (χ1n) is 11.0. The molecular weight excluding hydrogens is 498 g/mol. The Labute approximate surface area is 216 Å². The lowest BCUT2D eigenvalue weighted by Crippen LogP contribution is -2.17. The third kappa shape index (κ3) is 5.28. The summed E-state index contributed by atoms with van der Waals surface area (Å²) >= 11 is 0. The molecule has 3 aromatic carbocycles. The van der Waals surface area contributed by atoms with Gasteiger partial charge in [-0.3, -0.25) is 15.4 Å². The summed E-state index contributed by atoms with van der Waals surface area (Å²) in [5.74, 6) is 2.24. The average molecular weight is 521 g/mol. The number of hydrogen-bond acceptors (Lipinski definition) is 10. The zero-order valence-corrected chi connectivity index (χ0v) is 20.8. The Morgan fingerprint density at radius 1 is 0.868 bits per heavy atom. The highest BCUT2D eigenvalue weighted by Crippen LogP contribution is 2.44. The molecule has 0 spiro atoms. The van der Waals surface area contributed by atoms with Crippen LogP contribution in [-0.2, 0) is 0 Å². The minimum Gasteiger partial charge on any atom is -0.495 e. The number of methoxy groups -OCH3 is 4. The molecular formula is C26H23N3O9. The van der Waals surface area contributed by atoms with Gasteiger partial charge in [0.05, 0.1) is 45.2 Å². The van der Waals surface area contributed by atoms with Gasteiger partial charge >= 0.3 is 6.09 Å². The van der Waals surface area contributed by atoms with E-state index in [9.17, 15) is 14.9 Å². The number of nitrogens with zero attached hydrogens (tertiary/aromatic N) is 2. The number of benzene rings is 3. The number of carbonyl (C=O) groups excluding carboxylic acids is 1. The second kappa shape index (κ2) is 11.2. The topological polar surface area (TPSA) is 144 Å². The van der Waals surface area contributed by atoms with Crippen LogP contribution in [0.1, 0.15) is 0 Å². The highest BCUT2D eigenvalue weighted by atomic mass is 16.6. The van der Waals surface area contributed by atoms with Crippen LogP contribution in [0.5, 0.6) is 28.7 Å². The van der Waals surface area contributed by atoms with E-state index in [0.29, 0.717) is 51.1 Å². The van der Waals surface area contributed by atoms with E-state index < -0.39 is 11.0 Å². The van der Waals surface area contributed by atoms with E-state index in [1.165, 1.54) is 52.7 Å². The first-order chi connectivity index (χ1) is 18.4. The Kier molecular flexibility index (Phi) is 7.61. The van der Waals surface area contributed by atoms with Crippen LogP contribution in [0.15, 0.2) is 65.3 Å². The molecule has 1 heterocycles. The fourth-order valence-corrected chi connectivity index (χ4v) is 3.72. The van der Waals surface area contributed by atoms with Crippen LogP contribution in [0, 0.1) is 10.1 Å². The fourth-order valence-electron chi connectivity index (χ4n) is 3.72. The second-order valence-electron chi connectivity index (χ2n) is 7.66. The summed E-state index contributed by atoms with van der Waals surface area (Å²) in [5, 5.41) is 17.4. The van der Waals surface area contributed by atoms with Crippen molar-refractivity contribution in [1.29, 1.82) is 0 Å². The Hall–Kier alpha value is -5.26. The monoisotopic (exact) mass is 521 g/mol. The smallest absolute Gasteiger partial charge is 0.417 e. The van der Waals surface area contributed by atoms with Crippen LogP contribution in [-0.4, -0.2) is 44.6 Å². The average Bonchev–Trinajstić information content (AvgIpc) is 3.42. The van der Waals surface area contributed by atoms with Crippen molar-refractivity contribution >= 4 is 17.5 Å². The summed E-state index contributed by atoms with van der Waals surface area (Å²) in [5.41, 5.74) is 2.09. The maximum atomic E-state index is 12.6. The molecule has 0 radical (unpaired) electrons. The molecule has 0 aliphatic heterocycles. The van der Waals surface area contributed by atoms with E-state index in [4.69, 9.17) is 28.2 Å². The number of hydrogen-bond donors (Lipinski definition) is 1. The zero-order chi connectivity index (χ0) is 27.2. The highest BCUT2D eigenvalue weighted by molar-refractivity contribution is 5.91. The summed E-state index contributed by atoms with van der Waals surface area (Å²) < 4.78 is 32.5.